The lowest BCUT2D eigenvalue weighted by Gasteiger charge is -2.37. The zero-order valence-corrected chi connectivity index (χ0v) is 17.8. The standard InChI is InChI=1S/C20H31N3O2.2ClH/c1-25-16-20(7-9-21-10-8-20)15-22-19(24)18-6-4-5-17(13-18)14-23-11-2-3-12-23;;/h4-6,13,21H,2-3,7-12,14-16H2,1H3,(H,22,24);2*1H. The first-order chi connectivity index (χ1) is 12.2. The SMILES string of the molecule is COCC1(CNC(=O)c2cccc(CN3CCCC3)c2)CCNCC1.Cl.Cl. The van der Waals surface area contributed by atoms with Gasteiger partial charge in [0.2, 0.25) is 0 Å². The molecule has 0 radical (unpaired) electrons. The molecule has 0 atom stereocenters. The fourth-order valence-electron chi connectivity index (χ4n) is 4.02. The van der Waals surface area contributed by atoms with Crippen molar-refractivity contribution >= 4 is 30.7 Å². The molecule has 1 aromatic rings. The van der Waals surface area contributed by atoms with Gasteiger partial charge in [-0.2, -0.15) is 0 Å². The summed E-state index contributed by atoms with van der Waals surface area (Å²) in [5.41, 5.74) is 2.05. The molecule has 0 bridgehead atoms. The van der Waals surface area contributed by atoms with E-state index < -0.39 is 0 Å². The first-order valence-corrected chi connectivity index (χ1v) is 9.50. The maximum absolute atomic E-state index is 12.6. The van der Waals surface area contributed by atoms with Crippen molar-refractivity contribution < 1.29 is 9.53 Å². The van der Waals surface area contributed by atoms with E-state index in [2.05, 4.69) is 21.6 Å². The van der Waals surface area contributed by atoms with Crippen molar-refractivity contribution in [3.8, 4) is 0 Å². The largest absolute Gasteiger partial charge is 0.384 e. The van der Waals surface area contributed by atoms with E-state index in [1.807, 2.05) is 18.2 Å². The van der Waals surface area contributed by atoms with Gasteiger partial charge >= 0.3 is 0 Å². The molecule has 0 spiro atoms. The molecular formula is C20H33Cl2N3O2. The van der Waals surface area contributed by atoms with E-state index in [4.69, 9.17) is 4.74 Å². The molecule has 3 rings (SSSR count). The maximum Gasteiger partial charge on any atom is 0.251 e. The zero-order valence-electron chi connectivity index (χ0n) is 16.2. The van der Waals surface area contributed by atoms with Crippen LogP contribution in [0.2, 0.25) is 0 Å². The molecule has 0 saturated carbocycles. The number of methoxy groups -OCH3 is 1. The number of hydrogen-bond donors (Lipinski definition) is 2. The lowest BCUT2D eigenvalue weighted by molar-refractivity contribution is 0.0511. The molecule has 154 valence electrons. The van der Waals surface area contributed by atoms with Crippen LogP contribution in [0.15, 0.2) is 24.3 Å². The predicted molar refractivity (Wildman–Crippen MR) is 114 cm³/mol. The fourth-order valence-corrected chi connectivity index (χ4v) is 4.02. The number of piperidine rings is 1. The predicted octanol–water partition coefficient (Wildman–Crippen LogP) is 2.87. The van der Waals surface area contributed by atoms with E-state index in [1.54, 1.807) is 7.11 Å². The highest BCUT2D eigenvalue weighted by Gasteiger charge is 2.32. The van der Waals surface area contributed by atoms with Gasteiger partial charge in [0.25, 0.3) is 5.91 Å². The number of benzene rings is 1. The van der Waals surface area contributed by atoms with Crippen molar-refractivity contribution in [2.24, 2.45) is 5.41 Å². The lowest BCUT2D eigenvalue weighted by atomic mass is 9.79. The molecule has 0 unspecified atom stereocenters. The number of amides is 1. The third-order valence-corrected chi connectivity index (χ3v) is 5.53. The number of nitrogens with one attached hydrogen (secondary N) is 2. The number of nitrogens with zero attached hydrogens (tertiary/aromatic N) is 1. The molecule has 0 aliphatic carbocycles. The molecular weight excluding hydrogens is 385 g/mol. The van der Waals surface area contributed by atoms with Crippen LogP contribution >= 0.6 is 24.8 Å². The molecule has 7 heteroatoms. The van der Waals surface area contributed by atoms with Gasteiger partial charge in [0, 0.05) is 31.2 Å². The van der Waals surface area contributed by atoms with Crippen molar-refractivity contribution in [3.05, 3.63) is 35.4 Å². The van der Waals surface area contributed by atoms with Gasteiger partial charge in [0.05, 0.1) is 6.61 Å². The summed E-state index contributed by atoms with van der Waals surface area (Å²) in [6.07, 6.45) is 4.65. The first kappa shape index (κ1) is 24.2. The van der Waals surface area contributed by atoms with Crippen LogP contribution in [0.5, 0.6) is 0 Å². The van der Waals surface area contributed by atoms with Crippen LogP contribution in [0.4, 0.5) is 0 Å². The summed E-state index contributed by atoms with van der Waals surface area (Å²) in [5, 5.41) is 6.54. The monoisotopic (exact) mass is 417 g/mol. The van der Waals surface area contributed by atoms with E-state index in [9.17, 15) is 4.79 Å². The number of likely N-dealkylation sites (tertiary alicyclic amines) is 1. The average Bonchev–Trinajstić information content (AvgIpc) is 3.14. The second-order valence-electron chi connectivity index (χ2n) is 7.55. The van der Waals surface area contributed by atoms with Gasteiger partial charge in [-0.15, -0.1) is 24.8 Å². The normalized spacial score (nSPS) is 19.0. The van der Waals surface area contributed by atoms with Gasteiger partial charge in [-0.1, -0.05) is 12.1 Å². The maximum atomic E-state index is 12.6. The van der Waals surface area contributed by atoms with Gasteiger partial charge < -0.3 is 15.4 Å². The minimum absolute atomic E-state index is 0. The van der Waals surface area contributed by atoms with Crippen LogP contribution < -0.4 is 10.6 Å². The van der Waals surface area contributed by atoms with Gasteiger partial charge in [0.1, 0.15) is 0 Å². The van der Waals surface area contributed by atoms with Crippen LogP contribution in [0, 0.1) is 5.41 Å². The van der Waals surface area contributed by atoms with Crippen LogP contribution in [0.1, 0.15) is 41.6 Å². The molecule has 5 nitrogen and oxygen atoms in total. The van der Waals surface area contributed by atoms with Crippen LogP contribution in [0.3, 0.4) is 0 Å². The van der Waals surface area contributed by atoms with Crippen molar-refractivity contribution in [2.45, 2.75) is 32.2 Å². The summed E-state index contributed by atoms with van der Waals surface area (Å²) in [6, 6.07) is 8.07. The highest BCUT2D eigenvalue weighted by molar-refractivity contribution is 5.94. The van der Waals surface area contributed by atoms with Crippen molar-refractivity contribution in [3.63, 3.8) is 0 Å². The number of rotatable bonds is 7. The zero-order chi connectivity index (χ0) is 17.5. The van der Waals surface area contributed by atoms with E-state index in [0.29, 0.717) is 13.2 Å². The second-order valence-corrected chi connectivity index (χ2v) is 7.55. The van der Waals surface area contributed by atoms with Crippen LogP contribution in [0.25, 0.3) is 0 Å². The molecule has 2 saturated heterocycles. The van der Waals surface area contributed by atoms with Crippen LogP contribution in [-0.2, 0) is 11.3 Å². The summed E-state index contributed by atoms with van der Waals surface area (Å²) >= 11 is 0. The molecule has 2 N–H and O–H groups in total. The molecule has 1 amide bonds. The van der Waals surface area contributed by atoms with Gasteiger partial charge in [-0.05, 0) is 69.6 Å². The topological polar surface area (TPSA) is 53.6 Å². The van der Waals surface area contributed by atoms with E-state index in [0.717, 1.165) is 38.0 Å². The Morgan fingerprint density at radius 2 is 1.93 bits per heavy atom. The molecule has 2 heterocycles. The minimum Gasteiger partial charge on any atom is -0.384 e. The average molecular weight is 418 g/mol. The van der Waals surface area contributed by atoms with Crippen molar-refractivity contribution in [2.75, 3.05) is 46.4 Å². The van der Waals surface area contributed by atoms with Crippen molar-refractivity contribution in [1.82, 2.24) is 15.5 Å². The molecule has 2 fully saturated rings. The van der Waals surface area contributed by atoms with Gasteiger partial charge in [-0.25, -0.2) is 0 Å². The summed E-state index contributed by atoms with van der Waals surface area (Å²) in [5.74, 6) is 0.0253. The number of ether oxygens (including phenoxy) is 1. The minimum atomic E-state index is 0. The number of halogens is 2. The number of carbonyl (C=O) groups excluding carboxylic acids is 1. The Hall–Kier alpha value is -0.850. The van der Waals surface area contributed by atoms with Crippen LogP contribution in [-0.4, -0.2) is 57.2 Å². The smallest absolute Gasteiger partial charge is 0.251 e. The Labute approximate surface area is 175 Å². The number of hydrogen-bond acceptors (Lipinski definition) is 4. The van der Waals surface area contributed by atoms with E-state index in [-0.39, 0.29) is 36.1 Å². The van der Waals surface area contributed by atoms with Gasteiger partial charge in [-0.3, -0.25) is 9.69 Å². The third-order valence-electron chi connectivity index (χ3n) is 5.53. The molecule has 2 aliphatic heterocycles. The lowest BCUT2D eigenvalue weighted by Crippen LogP contribution is -2.47. The summed E-state index contributed by atoms with van der Waals surface area (Å²) in [4.78, 5) is 15.1. The molecule has 27 heavy (non-hydrogen) atoms. The molecule has 1 aromatic carbocycles. The quantitative estimate of drug-likeness (QED) is 0.715. The third kappa shape index (κ3) is 6.91. The Morgan fingerprint density at radius 1 is 1.22 bits per heavy atom. The highest BCUT2D eigenvalue weighted by atomic mass is 35.5. The second kappa shape index (κ2) is 11.9. The van der Waals surface area contributed by atoms with E-state index in [1.165, 1.54) is 31.5 Å². The number of carbonyl (C=O) groups is 1. The Kier molecular flexibility index (Phi) is 10.6. The fraction of sp³-hybridized carbons (Fsp3) is 0.650. The van der Waals surface area contributed by atoms with Gasteiger partial charge in [0.15, 0.2) is 0 Å². The van der Waals surface area contributed by atoms with E-state index >= 15 is 0 Å². The summed E-state index contributed by atoms with van der Waals surface area (Å²) < 4.78 is 5.43. The first-order valence-electron chi connectivity index (χ1n) is 9.50. The van der Waals surface area contributed by atoms with Crippen molar-refractivity contribution in [1.29, 1.82) is 0 Å². The Balaban J connectivity index is 0.00000182. The Morgan fingerprint density at radius 3 is 2.59 bits per heavy atom. The molecule has 0 aromatic heterocycles. The Bertz CT molecular complexity index is 569. The highest BCUT2D eigenvalue weighted by Crippen LogP contribution is 2.28. The summed E-state index contributed by atoms with van der Waals surface area (Å²) in [7, 11) is 1.74. The summed E-state index contributed by atoms with van der Waals surface area (Å²) in [6.45, 7) is 6.64. The molecule has 2 aliphatic rings.